The fourth-order valence-corrected chi connectivity index (χ4v) is 2.96. The van der Waals surface area contributed by atoms with Crippen LogP contribution in [0.3, 0.4) is 0 Å². The Morgan fingerprint density at radius 2 is 1.88 bits per heavy atom. The van der Waals surface area contributed by atoms with Gasteiger partial charge in [0.05, 0.1) is 6.10 Å². The quantitative estimate of drug-likeness (QED) is 0.771. The van der Waals surface area contributed by atoms with Crippen molar-refractivity contribution in [3.63, 3.8) is 0 Å². The monoisotopic (exact) mass is 229 g/mol. The van der Waals surface area contributed by atoms with Gasteiger partial charge in [-0.1, -0.05) is 6.07 Å². The fourth-order valence-electron chi connectivity index (χ4n) is 2.96. The number of aryl methyl sites for hydroxylation is 1. The number of benzene rings is 1. The average molecular weight is 229 g/mol. The number of fused-ring (bicyclic) bond motifs is 1. The first kappa shape index (κ1) is 10.8. The number of hydrogen-bond donors (Lipinski definition) is 2. The summed E-state index contributed by atoms with van der Waals surface area (Å²) in [6.07, 6.45) is 4.08. The topological polar surface area (TPSA) is 36.0 Å². The Hall–Kier alpha value is -1.28. The number of H-pyrrole nitrogens is 1. The molecule has 2 nitrogen and oxygen atoms in total. The van der Waals surface area contributed by atoms with Crippen molar-refractivity contribution in [3.05, 3.63) is 35.5 Å². The van der Waals surface area contributed by atoms with E-state index in [1.165, 1.54) is 22.2 Å². The maximum absolute atomic E-state index is 9.54. The zero-order valence-corrected chi connectivity index (χ0v) is 10.2. The van der Waals surface area contributed by atoms with Gasteiger partial charge in [-0.05, 0) is 67.7 Å². The third-order valence-corrected chi connectivity index (χ3v) is 3.95. The van der Waals surface area contributed by atoms with Crippen molar-refractivity contribution in [3.8, 4) is 0 Å². The molecule has 1 fully saturated rings. The number of aliphatic hydroxyl groups excluding tert-OH is 1. The summed E-state index contributed by atoms with van der Waals surface area (Å²) >= 11 is 0. The van der Waals surface area contributed by atoms with Crippen LogP contribution < -0.4 is 0 Å². The first-order valence-corrected chi connectivity index (χ1v) is 6.50. The van der Waals surface area contributed by atoms with Crippen LogP contribution in [0.5, 0.6) is 0 Å². The highest BCUT2D eigenvalue weighted by Gasteiger charge is 2.20. The first-order chi connectivity index (χ1) is 8.22. The van der Waals surface area contributed by atoms with Gasteiger partial charge in [0.25, 0.3) is 0 Å². The predicted octanol–water partition coefficient (Wildman–Crippen LogP) is 3.49. The van der Waals surface area contributed by atoms with E-state index in [-0.39, 0.29) is 6.10 Å². The number of aromatic nitrogens is 1. The summed E-state index contributed by atoms with van der Waals surface area (Å²) in [5.41, 5.74) is 3.88. The maximum atomic E-state index is 9.54. The Balaban J connectivity index is 1.89. The second-order valence-corrected chi connectivity index (χ2v) is 5.30. The molecule has 2 N–H and O–H groups in total. The van der Waals surface area contributed by atoms with E-state index >= 15 is 0 Å². The molecule has 90 valence electrons. The minimum absolute atomic E-state index is 0.0653. The minimum Gasteiger partial charge on any atom is -0.393 e. The lowest BCUT2D eigenvalue weighted by atomic mass is 9.82. The molecule has 0 aliphatic heterocycles. The van der Waals surface area contributed by atoms with Gasteiger partial charge in [0.2, 0.25) is 0 Å². The molecule has 1 aliphatic rings. The van der Waals surface area contributed by atoms with Gasteiger partial charge in [0.1, 0.15) is 0 Å². The SMILES string of the molecule is Cc1cc2cc(C3CCC(O)CC3)ccc2[nH]1. The normalized spacial score (nSPS) is 25.3. The minimum atomic E-state index is -0.0653. The van der Waals surface area contributed by atoms with E-state index < -0.39 is 0 Å². The Morgan fingerprint density at radius 3 is 2.65 bits per heavy atom. The number of nitrogens with one attached hydrogen (secondary N) is 1. The maximum Gasteiger partial charge on any atom is 0.0540 e. The summed E-state index contributed by atoms with van der Waals surface area (Å²) in [5, 5.41) is 10.9. The van der Waals surface area contributed by atoms with Crippen LogP contribution in [0.1, 0.15) is 42.9 Å². The Kier molecular flexibility index (Phi) is 2.67. The van der Waals surface area contributed by atoms with Crippen molar-refractivity contribution in [2.24, 2.45) is 0 Å². The van der Waals surface area contributed by atoms with Crippen LogP contribution in [0.15, 0.2) is 24.3 Å². The zero-order valence-electron chi connectivity index (χ0n) is 10.2. The molecule has 0 bridgehead atoms. The van der Waals surface area contributed by atoms with Gasteiger partial charge in [-0.2, -0.15) is 0 Å². The summed E-state index contributed by atoms with van der Waals surface area (Å²) in [5.74, 6) is 0.637. The van der Waals surface area contributed by atoms with Gasteiger partial charge in [-0.15, -0.1) is 0 Å². The van der Waals surface area contributed by atoms with Crippen LogP contribution in [-0.2, 0) is 0 Å². The fraction of sp³-hybridized carbons (Fsp3) is 0.467. The summed E-state index contributed by atoms with van der Waals surface area (Å²) in [7, 11) is 0. The second-order valence-electron chi connectivity index (χ2n) is 5.30. The van der Waals surface area contributed by atoms with E-state index in [4.69, 9.17) is 0 Å². The molecular weight excluding hydrogens is 210 g/mol. The highest BCUT2D eigenvalue weighted by Crippen LogP contribution is 2.34. The number of aliphatic hydroxyl groups is 1. The van der Waals surface area contributed by atoms with Crippen LogP contribution in [0, 0.1) is 6.92 Å². The van der Waals surface area contributed by atoms with Crippen molar-refractivity contribution in [1.82, 2.24) is 4.98 Å². The Bertz CT molecular complexity index is 521. The Morgan fingerprint density at radius 1 is 1.12 bits per heavy atom. The molecule has 0 atom stereocenters. The molecule has 1 aliphatic carbocycles. The van der Waals surface area contributed by atoms with Crippen LogP contribution in [0.4, 0.5) is 0 Å². The molecule has 0 unspecified atom stereocenters. The lowest BCUT2D eigenvalue weighted by molar-refractivity contribution is 0.122. The number of rotatable bonds is 1. The third-order valence-electron chi connectivity index (χ3n) is 3.95. The lowest BCUT2D eigenvalue weighted by Gasteiger charge is -2.25. The van der Waals surface area contributed by atoms with Crippen molar-refractivity contribution >= 4 is 10.9 Å². The molecule has 0 radical (unpaired) electrons. The van der Waals surface area contributed by atoms with Gasteiger partial charge in [0.15, 0.2) is 0 Å². The molecule has 1 aromatic carbocycles. The van der Waals surface area contributed by atoms with Crippen molar-refractivity contribution in [1.29, 1.82) is 0 Å². The summed E-state index contributed by atoms with van der Waals surface area (Å²) in [4.78, 5) is 3.36. The highest BCUT2D eigenvalue weighted by atomic mass is 16.3. The molecular formula is C15H19NO. The molecule has 0 spiro atoms. The first-order valence-electron chi connectivity index (χ1n) is 6.50. The largest absolute Gasteiger partial charge is 0.393 e. The van der Waals surface area contributed by atoms with Gasteiger partial charge < -0.3 is 10.1 Å². The predicted molar refractivity (Wildman–Crippen MR) is 70.3 cm³/mol. The van der Waals surface area contributed by atoms with Crippen molar-refractivity contribution in [2.75, 3.05) is 0 Å². The number of aromatic amines is 1. The second kappa shape index (κ2) is 4.19. The summed E-state index contributed by atoms with van der Waals surface area (Å²) in [6.45, 7) is 2.09. The Labute approximate surface area is 102 Å². The van der Waals surface area contributed by atoms with E-state index in [0.29, 0.717) is 5.92 Å². The molecule has 1 aromatic heterocycles. The highest BCUT2D eigenvalue weighted by molar-refractivity contribution is 5.81. The molecule has 1 saturated carbocycles. The smallest absolute Gasteiger partial charge is 0.0540 e. The molecule has 0 saturated heterocycles. The van der Waals surface area contributed by atoms with Crippen LogP contribution in [0.25, 0.3) is 10.9 Å². The van der Waals surface area contributed by atoms with Gasteiger partial charge in [-0.3, -0.25) is 0 Å². The molecule has 3 rings (SSSR count). The van der Waals surface area contributed by atoms with Gasteiger partial charge in [0, 0.05) is 11.2 Å². The van der Waals surface area contributed by atoms with Crippen molar-refractivity contribution in [2.45, 2.75) is 44.6 Å². The average Bonchev–Trinajstić information content (AvgIpc) is 2.69. The summed E-state index contributed by atoms with van der Waals surface area (Å²) in [6, 6.07) is 8.93. The molecule has 17 heavy (non-hydrogen) atoms. The lowest BCUT2D eigenvalue weighted by Crippen LogP contribution is -2.16. The van der Waals surface area contributed by atoms with E-state index in [1.54, 1.807) is 0 Å². The number of hydrogen-bond acceptors (Lipinski definition) is 1. The van der Waals surface area contributed by atoms with E-state index in [1.807, 2.05) is 0 Å². The standard InChI is InChI=1S/C15H19NO/c1-10-8-13-9-12(4-7-15(13)16-10)11-2-5-14(17)6-3-11/h4,7-9,11,14,16-17H,2-3,5-6H2,1H3. The van der Waals surface area contributed by atoms with Crippen LogP contribution >= 0.6 is 0 Å². The molecule has 2 heteroatoms. The van der Waals surface area contributed by atoms with E-state index in [0.717, 1.165) is 25.7 Å². The molecule has 2 aromatic rings. The van der Waals surface area contributed by atoms with E-state index in [2.05, 4.69) is 36.2 Å². The summed E-state index contributed by atoms with van der Waals surface area (Å²) < 4.78 is 0. The van der Waals surface area contributed by atoms with Crippen molar-refractivity contribution < 1.29 is 5.11 Å². The molecule has 1 heterocycles. The third kappa shape index (κ3) is 2.09. The van der Waals surface area contributed by atoms with Crippen LogP contribution in [0.2, 0.25) is 0 Å². The zero-order chi connectivity index (χ0) is 11.8. The molecule has 0 amide bonds. The van der Waals surface area contributed by atoms with Gasteiger partial charge in [-0.25, -0.2) is 0 Å². The van der Waals surface area contributed by atoms with Gasteiger partial charge >= 0.3 is 0 Å². The van der Waals surface area contributed by atoms with E-state index in [9.17, 15) is 5.11 Å². The van der Waals surface area contributed by atoms with Crippen LogP contribution in [-0.4, -0.2) is 16.2 Å².